The van der Waals surface area contributed by atoms with E-state index in [1.165, 1.54) is 12.1 Å². The fourth-order valence-corrected chi connectivity index (χ4v) is 3.36. The van der Waals surface area contributed by atoms with Crippen molar-refractivity contribution in [3.05, 3.63) is 35.5 Å². The van der Waals surface area contributed by atoms with Crippen LogP contribution in [-0.2, 0) is 10.0 Å². The molecule has 0 saturated heterocycles. The van der Waals surface area contributed by atoms with Gasteiger partial charge in [-0.05, 0) is 31.2 Å². The number of fused-ring (bicyclic) bond motifs is 1. The van der Waals surface area contributed by atoms with Gasteiger partial charge in [0.25, 0.3) is 0 Å². The normalized spacial score (nSPS) is 13.6. The Balaban J connectivity index is 2.60. The summed E-state index contributed by atoms with van der Waals surface area (Å²) in [6, 6.07) is 5.65. The fourth-order valence-electron chi connectivity index (χ4n) is 1.71. The van der Waals surface area contributed by atoms with Crippen LogP contribution in [0.1, 0.15) is 6.92 Å². The van der Waals surface area contributed by atoms with Crippen LogP contribution in [0.2, 0.25) is 5.02 Å². The van der Waals surface area contributed by atoms with Crippen LogP contribution < -0.4 is 4.72 Å². The second-order valence-corrected chi connectivity index (χ2v) is 6.24. The van der Waals surface area contributed by atoms with Gasteiger partial charge in [-0.15, -0.1) is 0 Å². The lowest BCUT2D eigenvalue weighted by molar-refractivity contribution is 0.265. The van der Waals surface area contributed by atoms with E-state index in [0.717, 1.165) is 0 Å². The molecule has 1 aromatic heterocycles. The zero-order valence-corrected chi connectivity index (χ0v) is 11.7. The van der Waals surface area contributed by atoms with E-state index in [0.29, 0.717) is 15.9 Å². The Morgan fingerprint density at radius 2 is 2.16 bits per heavy atom. The second-order valence-electron chi connectivity index (χ2n) is 4.15. The molecule has 1 atom stereocenters. The SMILES string of the molecule is CC(CO)NS(=O)(=O)c1ccc(Cl)c2ncccc12. The van der Waals surface area contributed by atoms with E-state index in [-0.39, 0.29) is 11.5 Å². The third kappa shape index (κ3) is 2.87. The molecule has 0 aliphatic carbocycles. The third-order valence-corrected chi connectivity index (χ3v) is 4.55. The summed E-state index contributed by atoms with van der Waals surface area (Å²) < 4.78 is 26.9. The van der Waals surface area contributed by atoms with Crippen molar-refractivity contribution in [2.45, 2.75) is 17.9 Å². The highest BCUT2D eigenvalue weighted by Crippen LogP contribution is 2.27. The minimum absolute atomic E-state index is 0.0975. The van der Waals surface area contributed by atoms with E-state index >= 15 is 0 Å². The van der Waals surface area contributed by atoms with Gasteiger partial charge in [-0.25, -0.2) is 13.1 Å². The Morgan fingerprint density at radius 3 is 2.84 bits per heavy atom. The molecule has 1 aromatic carbocycles. The van der Waals surface area contributed by atoms with Crippen molar-refractivity contribution in [1.29, 1.82) is 0 Å². The number of sulfonamides is 1. The lowest BCUT2D eigenvalue weighted by atomic mass is 10.2. The molecule has 0 amide bonds. The van der Waals surface area contributed by atoms with Crippen molar-refractivity contribution in [2.75, 3.05) is 6.61 Å². The number of pyridine rings is 1. The first-order valence-corrected chi connectivity index (χ1v) is 7.48. The Morgan fingerprint density at radius 1 is 1.42 bits per heavy atom. The molecule has 7 heteroatoms. The Labute approximate surface area is 116 Å². The number of hydrogen-bond acceptors (Lipinski definition) is 4. The molecule has 0 radical (unpaired) electrons. The largest absolute Gasteiger partial charge is 0.395 e. The highest BCUT2D eigenvalue weighted by atomic mass is 35.5. The predicted octanol–water partition coefficient (Wildman–Crippen LogP) is 1.55. The van der Waals surface area contributed by atoms with Gasteiger partial charge >= 0.3 is 0 Å². The highest BCUT2D eigenvalue weighted by Gasteiger charge is 2.20. The molecule has 5 nitrogen and oxygen atoms in total. The maximum atomic E-state index is 12.2. The number of aromatic nitrogens is 1. The van der Waals surface area contributed by atoms with Crippen molar-refractivity contribution >= 4 is 32.5 Å². The van der Waals surface area contributed by atoms with Crippen LogP contribution >= 0.6 is 11.6 Å². The van der Waals surface area contributed by atoms with Gasteiger partial charge in [0.1, 0.15) is 0 Å². The van der Waals surface area contributed by atoms with Gasteiger partial charge < -0.3 is 5.11 Å². The molecule has 0 bridgehead atoms. The maximum Gasteiger partial charge on any atom is 0.241 e. The predicted molar refractivity (Wildman–Crippen MR) is 73.6 cm³/mol. The second kappa shape index (κ2) is 5.42. The first kappa shape index (κ1) is 14.2. The summed E-state index contributed by atoms with van der Waals surface area (Å²) in [4.78, 5) is 4.18. The van der Waals surface area contributed by atoms with Crippen LogP contribution in [0.4, 0.5) is 0 Å². The van der Waals surface area contributed by atoms with Crippen molar-refractivity contribution in [2.24, 2.45) is 0 Å². The zero-order chi connectivity index (χ0) is 14.0. The van der Waals surface area contributed by atoms with Crippen molar-refractivity contribution in [3.8, 4) is 0 Å². The number of halogens is 1. The Kier molecular flexibility index (Phi) is 4.05. The number of hydrogen-bond donors (Lipinski definition) is 2. The lowest BCUT2D eigenvalue weighted by Crippen LogP contribution is -2.35. The number of aliphatic hydroxyl groups is 1. The summed E-state index contributed by atoms with van der Waals surface area (Å²) in [5.74, 6) is 0. The van der Waals surface area contributed by atoms with Gasteiger partial charge in [-0.3, -0.25) is 4.98 Å². The number of aliphatic hydroxyl groups excluding tert-OH is 1. The van der Waals surface area contributed by atoms with Gasteiger partial charge in [0, 0.05) is 17.6 Å². The van der Waals surface area contributed by atoms with Gasteiger partial charge in [-0.1, -0.05) is 11.6 Å². The van der Waals surface area contributed by atoms with E-state index in [2.05, 4.69) is 9.71 Å². The van der Waals surface area contributed by atoms with Crippen LogP contribution in [0.15, 0.2) is 35.4 Å². The van der Waals surface area contributed by atoms with E-state index in [4.69, 9.17) is 16.7 Å². The molecule has 0 aliphatic rings. The molecular formula is C12H13ClN2O3S. The fraction of sp³-hybridized carbons (Fsp3) is 0.250. The zero-order valence-electron chi connectivity index (χ0n) is 10.2. The van der Waals surface area contributed by atoms with Crippen LogP contribution in [-0.4, -0.2) is 31.2 Å². The van der Waals surface area contributed by atoms with Crippen molar-refractivity contribution < 1.29 is 13.5 Å². The lowest BCUT2D eigenvalue weighted by Gasteiger charge is -2.13. The molecule has 0 spiro atoms. The minimum atomic E-state index is -3.72. The topological polar surface area (TPSA) is 79.3 Å². The molecule has 0 saturated carbocycles. The monoisotopic (exact) mass is 300 g/mol. The van der Waals surface area contributed by atoms with E-state index in [1.54, 1.807) is 25.3 Å². The standard InChI is InChI=1S/C12H13ClN2O3S/c1-8(7-16)15-19(17,18)11-5-4-10(13)12-9(11)3-2-6-14-12/h2-6,8,15-16H,7H2,1H3. The summed E-state index contributed by atoms with van der Waals surface area (Å²) in [5.41, 5.74) is 0.434. The van der Waals surface area contributed by atoms with Crippen LogP contribution in [0.3, 0.4) is 0 Å². The maximum absolute atomic E-state index is 12.2. The molecule has 1 unspecified atom stereocenters. The molecule has 2 aromatic rings. The first-order chi connectivity index (χ1) is 8.95. The molecule has 2 N–H and O–H groups in total. The molecule has 0 fully saturated rings. The van der Waals surface area contributed by atoms with Crippen LogP contribution in [0, 0.1) is 0 Å². The average Bonchev–Trinajstić information content (AvgIpc) is 2.38. The Hall–Kier alpha value is -1.21. The van der Waals surface area contributed by atoms with Gasteiger partial charge in [-0.2, -0.15) is 0 Å². The molecule has 1 heterocycles. The van der Waals surface area contributed by atoms with Crippen LogP contribution in [0.5, 0.6) is 0 Å². The number of rotatable bonds is 4. The number of nitrogens with zero attached hydrogens (tertiary/aromatic N) is 1. The summed E-state index contributed by atoms with van der Waals surface area (Å²) >= 11 is 5.99. The smallest absolute Gasteiger partial charge is 0.241 e. The van der Waals surface area contributed by atoms with Gasteiger partial charge in [0.05, 0.1) is 22.0 Å². The van der Waals surface area contributed by atoms with E-state index < -0.39 is 16.1 Å². The third-order valence-electron chi connectivity index (χ3n) is 2.60. The summed E-state index contributed by atoms with van der Waals surface area (Å²) in [6.45, 7) is 1.30. The number of benzene rings is 1. The summed E-state index contributed by atoms with van der Waals surface area (Å²) in [7, 11) is -3.72. The van der Waals surface area contributed by atoms with Gasteiger partial charge in [0.15, 0.2) is 0 Å². The first-order valence-electron chi connectivity index (χ1n) is 5.62. The molecule has 102 valence electrons. The highest BCUT2D eigenvalue weighted by molar-refractivity contribution is 7.89. The number of nitrogens with one attached hydrogen (secondary N) is 1. The summed E-state index contributed by atoms with van der Waals surface area (Å²) in [6.07, 6.45) is 1.55. The average molecular weight is 301 g/mol. The molecular weight excluding hydrogens is 288 g/mol. The molecule has 0 aliphatic heterocycles. The quantitative estimate of drug-likeness (QED) is 0.898. The van der Waals surface area contributed by atoms with E-state index in [9.17, 15) is 8.42 Å². The minimum Gasteiger partial charge on any atom is -0.395 e. The van der Waals surface area contributed by atoms with Gasteiger partial charge in [0.2, 0.25) is 10.0 Å². The van der Waals surface area contributed by atoms with Crippen LogP contribution in [0.25, 0.3) is 10.9 Å². The summed E-state index contributed by atoms with van der Waals surface area (Å²) in [5, 5.41) is 9.79. The van der Waals surface area contributed by atoms with Crippen molar-refractivity contribution in [1.82, 2.24) is 9.71 Å². The molecule has 2 rings (SSSR count). The van der Waals surface area contributed by atoms with Crippen molar-refractivity contribution in [3.63, 3.8) is 0 Å². The Bertz CT molecular complexity index is 703. The molecule has 19 heavy (non-hydrogen) atoms. The van der Waals surface area contributed by atoms with E-state index in [1.807, 2.05) is 0 Å².